The third-order valence-corrected chi connectivity index (χ3v) is 5.58. The van der Waals surface area contributed by atoms with Gasteiger partial charge in [-0.15, -0.1) is 11.3 Å². The topological polar surface area (TPSA) is 71.3 Å². The summed E-state index contributed by atoms with van der Waals surface area (Å²) in [6.45, 7) is 2.39. The summed E-state index contributed by atoms with van der Waals surface area (Å²) in [5.41, 5.74) is 1.92. The molecule has 2 N–H and O–H groups in total. The standard InChI is InChI=1S/C21H20FN5OS/c1-14(17-6-3-11-29-17)25-19(28)7-8-24-21-20(15-4-2-5-16(22)12-15)26-18-13-23-9-10-27(18)21/h2-6,9-14,24H,7-8H2,1H3,(H,25,28)/t14-/m1/s1. The van der Waals surface area contributed by atoms with Gasteiger partial charge in [0.25, 0.3) is 0 Å². The maximum Gasteiger partial charge on any atom is 0.222 e. The van der Waals surface area contributed by atoms with E-state index in [2.05, 4.69) is 20.6 Å². The van der Waals surface area contributed by atoms with E-state index in [-0.39, 0.29) is 17.8 Å². The van der Waals surface area contributed by atoms with Gasteiger partial charge in [0.05, 0.1) is 12.2 Å². The number of fused-ring (bicyclic) bond motifs is 1. The van der Waals surface area contributed by atoms with Gasteiger partial charge >= 0.3 is 0 Å². The highest BCUT2D eigenvalue weighted by Gasteiger charge is 2.15. The molecule has 4 rings (SSSR count). The molecular weight excluding hydrogens is 389 g/mol. The zero-order chi connectivity index (χ0) is 20.2. The Balaban J connectivity index is 1.49. The van der Waals surface area contributed by atoms with Crippen LogP contribution in [-0.4, -0.2) is 26.8 Å². The molecule has 8 heteroatoms. The van der Waals surface area contributed by atoms with E-state index in [0.717, 1.165) is 4.88 Å². The van der Waals surface area contributed by atoms with Gasteiger partial charge < -0.3 is 10.6 Å². The number of amides is 1. The number of carbonyl (C=O) groups is 1. The highest BCUT2D eigenvalue weighted by molar-refractivity contribution is 7.10. The summed E-state index contributed by atoms with van der Waals surface area (Å²) in [6, 6.07) is 10.2. The monoisotopic (exact) mass is 409 g/mol. The number of benzene rings is 1. The van der Waals surface area contributed by atoms with Crippen molar-refractivity contribution in [1.82, 2.24) is 19.7 Å². The predicted octanol–water partition coefficient (Wildman–Crippen LogP) is 4.28. The van der Waals surface area contributed by atoms with Gasteiger partial charge in [-0.2, -0.15) is 0 Å². The minimum atomic E-state index is -0.328. The van der Waals surface area contributed by atoms with E-state index in [9.17, 15) is 9.18 Å². The van der Waals surface area contributed by atoms with Crippen LogP contribution in [0.4, 0.5) is 10.2 Å². The first-order chi connectivity index (χ1) is 14.1. The van der Waals surface area contributed by atoms with E-state index in [4.69, 9.17) is 0 Å². The zero-order valence-corrected chi connectivity index (χ0v) is 16.6. The van der Waals surface area contributed by atoms with Crippen molar-refractivity contribution in [1.29, 1.82) is 0 Å². The minimum Gasteiger partial charge on any atom is -0.369 e. The summed E-state index contributed by atoms with van der Waals surface area (Å²) < 4.78 is 15.6. The van der Waals surface area contributed by atoms with E-state index in [1.807, 2.05) is 28.8 Å². The zero-order valence-electron chi connectivity index (χ0n) is 15.8. The summed E-state index contributed by atoms with van der Waals surface area (Å²) in [4.78, 5) is 22.1. The smallest absolute Gasteiger partial charge is 0.222 e. The average Bonchev–Trinajstić information content (AvgIpc) is 3.36. The number of anilines is 1. The minimum absolute atomic E-state index is 0.0211. The van der Waals surface area contributed by atoms with Gasteiger partial charge in [-0.05, 0) is 30.5 Å². The van der Waals surface area contributed by atoms with Crippen LogP contribution in [0.15, 0.2) is 60.4 Å². The molecule has 0 fully saturated rings. The summed E-state index contributed by atoms with van der Waals surface area (Å²) in [5, 5.41) is 8.28. The third kappa shape index (κ3) is 4.27. The van der Waals surface area contributed by atoms with E-state index >= 15 is 0 Å². The Kier molecular flexibility index (Phi) is 5.53. The van der Waals surface area contributed by atoms with Crippen LogP contribution in [0.3, 0.4) is 0 Å². The number of halogens is 1. The quantitative estimate of drug-likeness (QED) is 0.478. The molecule has 0 bridgehead atoms. The van der Waals surface area contributed by atoms with Crippen LogP contribution in [0.25, 0.3) is 16.9 Å². The van der Waals surface area contributed by atoms with Crippen LogP contribution in [0.2, 0.25) is 0 Å². The van der Waals surface area contributed by atoms with E-state index in [1.54, 1.807) is 42.1 Å². The van der Waals surface area contributed by atoms with Crippen LogP contribution in [0, 0.1) is 5.82 Å². The Morgan fingerprint density at radius 2 is 2.21 bits per heavy atom. The Bertz CT molecular complexity index is 1130. The summed E-state index contributed by atoms with van der Waals surface area (Å²) >= 11 is 1.62. The molecule has 1 amide bonds. The summed E-state index contributed by atoms with van der Waals surface area (Å²) in [7, 11) is 0. The van der Waals surface area contributed by atoms with Gasteiger partial charge in [-0.25, -0.2) is 9.37 Å². The molecule has 29 heavy (non-hydrogen) atoms. The van der Waals surface area contributed by atoms with Crippen LogP contribution < -0.4 is 10.6 Å². The van der Waals surface area contributed by atoms with E-state index in [1.165, 1.54) is 12.1 Å². The second-order valence-electron chi connectivity index (χ2n) is 6.61. The molecule has 4 aromatic rings. The third-order valence-electron chi connectivity index (χ3n) is 4.52. The van der Waals surface area contributed by atoms with Gasteiger partial charge in [0, 0.05) is 35.8 Å². The van der Waals surface area contributed by atoms with Crippen molar-refractivity contribution in [3.8, 4) is 11.3 Å². The van der Waals surface area contributed by atoms with Crippen molar-refractivity contribution >= 4 is 28.7 Å². The van der Waals surface area contributed by atoms with E-state index < -0.39 is 0 Å². The lowest BCUT2D eigenvalue weighted by molar-refractivity contribution is -0.121. The van der Waals surface area contributed by atoms with Gasteiger partial charge in [0.15, 0.2) is 5.65 Å². The fourth-order valence-corrected chi connectivity index (χ4v) is 3.86. The van der Waals surface area contributed by atoms with Crippen LogP contribution >= 0.6 is 11.3 Å². The number of carbonyl (C=O) groups excluding carboxylic acids is 1. The van der Waals surface area contributed by atoms with Crippen molar-refractivity contribution in [2.45, 2.75) is 19.4 Å². The molecule has 3 heterocycles. The second-order valence-corrected chi connectivity index (χ2v) is 7.58. The lowest BCUT2D eigenvalue weighted by Gasteiger charge is -2.13. The molecular formula is C21H20FN5OS. The van der Waals surface area contributed by atoms with Crippen molar-refractivity contribution in [3.05, 3.63) is 71.1 Å². The molecule has 1 aromatic carbocycles. The molecule has 0 aliphatic rings. The molecule has 3 aromatic heterocycles. The Morgan fingerprint density at radius 3 is 3.00 bits per heavy atom. The van der Waals surface area contributed by atoms with Crippen molar-refractivity contribution < 1.29 is 9.18 Å². The van der Waals surface area contributed by atoms with Gasteiger partial charge in [0.1, 0.15) is 17.3 Å². The number of hydrogen-bond acceptors (Lipinski definition) is 5. The van der Waals surface area contributed by atoms with Crippen molar-refractivity contribution in [3.63, 3.8) is 0 Å². The summed E-state index contributed by atoms with van der Waals surface area (Å²) in [6.07, 6.45) is 5.39. The lowest BCUT2D eigenvalue weighted by Crippen LogP contribution is -2.27. The Hall–Kier alpha value is -3.26. The molecule has 0 radical (unpaired) electrons. The predicted molar refractivity (Wildman–Crippen MR) is 112 cm³/mol. The van der Waals surface area contributed by atoms with Crippen molar-refractivity contribution in [2.24, 2.45) is 0 Å². The fraction of sp³-hybridized carbons (Fsp3) is 0.190. The Labute approximate surface area is 171 Å². The van der Waals surface area contributed by atoms with Crippen molar-refractivity contribution in [2.75, 3.05) is 11.9 Å². The first kappa shape index (κ1) is 19.1. The van der Waals surface area contributed by atoms with Gasteiger partial charge in [0.2, 0.25) is 5.91 Å². The largest absolute Gasteiger partial charge is 0.369 e. The van der Waals surface area contributed by atoms with Crippen LogP contribution in [-0.2, 0) is 4.79 Å². The van der Waals surface area contributed by atoms with Gasteiger partial charge in [-0.3, -0.25) is 14.2 Å². The molecule has 0 spiro atoms. The lowest BCUT2D eigenvalue weighted by atomic mass is 10.1. The number of hydrogen-bond donors (Lipinski definition) is 2. The molecule has 0 saturated heterocycles. The molecule has 1 atom stereocenters. The maximum absolute atomic E-state index is 13.7. The average molecular weight is 409 g/mol. The highest BCUT2D eigenvalue weighted by Crippen LogP contribution is 2.29. The van der Waals surface area contributed by atoms with Gasteiger partial charge in [-0.1, -0.05) is 18.2 Å². The molecule has 0 aliphatic carbocycles. The summed E-state index contributed by atoms with van der Waals surface area (Å²) in [5.74, 6) is 0.332. The van der Waals surface area contributed by atoms with Crippen LogP contribution in [0.1, 0.15) is 24.3 Å². The molecule has 0 saturated carbocycles. The number of nitrogens with zero attached hydrogens (tertiary/aromatic N) is 3. The number of aromatic nitrogens is 3. The molecule has 0 unspecified atom stereocenters. The first-order valence-corrected chi connectivity index (χ1v) is 10.1. The number of imidazole rings is 1. The fourth-order valence-electron chi connectivity index (χ4n) is 3.13. The molecule has 6 nitrogen and oxygen atoms in total. The van der Waals surface area contributed by atoms with E-state index in [0.29, 0.717) is 35.7 Å². The first-order valence-electron chi connectivity index (χ1n) is 9.26. The maximum atomic E-state index is 13.7. The molecule has 148 valence electrons. The number of rotatable bonds is 7. The normalized spacial score (nSPS) is 12.1. The Morgan fingerprint density at radius 1 is 1.31 bits per heavy atom. The number of nitrogens with one attached hydrogen (secondary N) is 2. The van der Waals surface area contributed by atoms with Crippen LogP contribution in [0.5, 0.6) is 0 Å². The number of thiophene rings is 1. The second kappa shape index (κ2) is 8.40. The SMILES string of the molecule is C[C@@H](NC(=O)CCNc1c(-c2cccc(F)c2)nc2cnccn12)c1cccs1. The highest BCUT2D eigenvalue weighted by atomic mass is 32.1. The molecule has 0 aliphatic heterocycles.